The molecule has 2 N–H and O–H groups in total. The summed E-state index contributed by atoms with van der Waals surface area (Å²) < 4.78 is 26.8. The van der Waals surface area contributed by atoms with Crippen molar-refractivity contribution in [2.24, 2.45) is 0 Å². The minimum Gasteiger partial charge on any atom is -0.320 e. The third-order valence-corrected chi connectivity index (χ3v) is 4.91. The lowest BCUT2D eigenvalue weighted by Gasteiger charge is -2.35. The second-order valence-electron chi connectivity index (χ2n) is 6.22. The molecule has 1 atom stereocenters. The molecule has 0 aromatic carbocycles. The van der Waals surface area contributed by atoms with Crippen LogP contribution in [0.4, 0.5) is 10.5 Å². The van der Waals surface area contributed by atoms with E-state index in [1.807, 2.05) is 0 Å². The number of nitrogens with zero attached hydrogens (tertiary/aromatic N) is 4. The minimum absolute atomic E-state index is 0.178. The largest absolute Gasteiger partial charge is 0.322 e. The third kappa shape index (κ3) is 4.58. The fourth-order valence-corrected chi connectivity index (χ4v) is 3.48. The topological polar surface area (TPSA) is 109 Å². The standard InChI is InChI=1S/C16H22N6O3S/c1-26(24,25)19-12-13-6-2-3-10-21(13)16(23)20-14-7-4-8-17-15(14)22-11-5-9-18-22/h4-5,7-9,11,13,19H,2-3,6,10,12H2,1H3,(H,20,23)/t13-/m0/s1. The maximum absolute atomic E-state index is 12.8. The average Bonchev–Trinajstić information content (AvgIpc) is 3.14. The highest BCUT2D eigenvalue weighted by Crippen LogP contribution is 2.21. The molecule has 0 saturated carbocycles. The van der Waals surface area contributed by atoms with Gasteiger partial charge in [0.2, 0.25) is 10.0 Å². The monoisotopic (exact) mass is 378 g/mol. The van der Waals surface area contributed by atoms with Crippen molar-refractivity contribution in [3.8, 4) is 5.82 Å². The van der Waals surface area contributed by atoms with Crippen molar-refractivity contribution in [1.29, 1.82) is 0 Å². The van der Waals surface area contributed by atoms with E-state index in [0.717, 1.165) is 25.5 Å². The van der Waals surface area contributed by atoms with Gasteiger partial charge in [0.15, 0.2) is 5.82 Å². The lowest BCUT2D eigenvalue weighted by atomic mass is 10.0. The molecule has 0 bridgehead atoms. The summed E-state index contributed by atoms with van der Waals surface area (Å²) in [4.78, 5) is 18.8. The number of hydrogen-bond acceptors (Lipinski definition) is 5. The lowest BCUT2D eigenvalue weighted by molar-refractivity contribution is 0.164. The number of likely N-dealkylation sites (tertiary alicyclic amines) is 1. The Morgan fingerprint density at radius 1 is 1.31 bits per heavy atom. The van der Waals surface area contributed by atoms with Crippen molar-refractivity contribution < 1.29 is 13.2 Å². The Morgan fingerprint density at radius 2 is 2.15 bits per heavy atom. The Labute approximate surface area is 152 Å². The average molecular weight is 378 g/mol. The van der Waals surface area contributed by atoms with Crippen molar-refractivity contribution in [3.05, 3.63) is 36.8 Å². The van der Waals surface area contributed by atoms with Gasteiger partial charge >= 0.3 is 6.03 Å². The zero-order valence-corrected chi connectivity index (χ0v) is 15.3. The first-order valence-electron chi connectivity index (χ1n) is 8.41. The van der Waals surface area contributed by atoms with Gasteiger partial charge < -0.3 is 10.2 Å². The molecule has 0 unspecified atom stereocenters. The summed E-state index contributed by atoms with van der Waals surface area (Å²) in [5.41, 5.74) is 0.543. The summed E-state index contributed by atoms with van der Waals surface area (Å²) >= 11 is 0. The van der Waals surface area contributed by atoms with E-state index >= 15 is 0 Å². The van der Waals surface area contributed by atoms with Crippen LogP contribution in [0.3, 0.4) is 0 Å². The number of pyridine rings is 1. The van der Waals surface area contributed by atoms with Gasteiger partial charge in [-0.2, -0.15) is 5.10 Å². The number of nitrogens with one attached hydrogen (secondary N) is 2. The van der Waals surface area contributed by atoms with Crippen molar-refractivity contribution in [3.63, 3.8) is 0 Å². The number of carbonyl (C=O) groups is 1. The molecule has 140 valence electrons. The second-order valence-corrected chi connectivity index (χ2v) is 8.05. The fourth-order valence-electron chi connectivity index (χ4n) is 2.99. The molecule has 0 radical (unpaired) electrons. The van der Waals surface area contributed by atoms with E-state index in [1.165, 1.54) is 0 Å². The minimum atomic E-state index is -3.30. The van der Waals surface area contributed by atoms with Gasteiger partial charge in [-0.05, 0) is 37.5 Å². The van der Waals surface area contributed by atoms with Crippen LogP contribution in [-0.2, 0) is 10.0 Å². The molecule has 0 aliphatic carbocycles. The summed E-state index contributed by atoms with van der Waals surface area (Å²) in [6.07, 6.45) is 8.75. The number of urea groups is 1. The zero-order valence-electron chi connectivity index (χ0n) is 14.5. The molecule has 10 heteroatoms. The van der Waals surface area contributed by atoms with E-state index in [1.54, 1.807) is 46.4 Å². The first-order chi connectivity index (χ1) is 12.4. The van der Waals surface area contributed by atoms with Gasteiger partial charge in [-0.1, -0.05) is 0 Å². The summed E-state index contributed by atoms with van der Waals surface area (Å²) in [5.74, 6) is 0.522. The van der Waals surface area contributed by atoms with Crippen molar-refractivity contribution in [2.45, 2.75) is 25.3 Å². The van der Waals surface area contributed by atoms with Crippen LogP contribution in [-0.4, -0.2) is 59.5 Å². The van der Waals surface area contributed by atoms with Crippen LogP contribution in [0.25, 0.3) is 5.82 Å². The number of anilines is 1. The number of hydrogen-bond donors (Lipinski definition) is 2. The lowest BCUT2D eigenvalue weighted by Crippen LogP contribution is -2.50. The van der Waals surface area contributed by atoms with E-state index in [2.05, 4.69) is 20.1 Å². The SMILES string of the molecule is CS(=O)(=O)NC[C@@H]1CCCCN1C(=O)Nc1cccnc1-n1cccn1. The fraction of sp³-hybridized carbons (Fsp3) is 0.438. The highest BCUT2D eigenvalue weighted by molar-refractivity contribution is 7.88. The van der Waals surface area contributed by atoms with Crippen LogP contribution in [0.2, 0.25) is 0 Å². The normalized spacial score (nSPS) is 17.9. The van der Waals surface area contributed by atoms with Crippen molar-refractivity contribution in [1.82, 2.24) is 24.4 Å². The molecular weight excluding hydrogens is 356 g/mol. The highest BCUT2D eigenvalue weighted by Gasteiger charge is 2.28. The van der Waals surface area contributed by atoms with E-state index in [-0.39, 0.29) is 18.6 Å². The molecule has 1 fully saturated rings. The van der Waals surface area contributed by atoms with Gasteiger partial charge in [0.05, 0.1) is 11.9 Å². The van der Waals surface area contributed by atoms with Crippen LogP contribution < -0.4 is 10.0 Å². The molecule has 2 amide bonds. The number of piperidine rings is 1. The van der Waals surface area contributed by atoms with E-state index in [0.29, 0.717) is 18.1 Å². The van der Waals surface area contributed by atoms with Gasteiger partial charge in [0.1, 0.15) is 0 Å². The predicted octanol–water partition coefficient (Wildman–Crippen LogP) is 1.20. The van der Waals surface area contributed by atoms with Crippen LogP contribution in [0.5, 0.6) is 0 Å². The molecule has 1 saturated heterocycles. The highest BCUT2D eigenvalue weighted by atomic mass is 32.2. The summed E-state index contributed by atoms with van der Waals surface area (Å²) in [6.45, 7) is 0.796. The van der Waals surface area contributed by atoms with Crippen LogP contribution in [0.1, 0.15) is 19.3 Å². The number of amides is 2. The quantitative estimate of drug-likeness (QED) is 0.813. The second kappa shape index (κ2) is 7.83. The molecule has 3 heterocycles. The Kier molecular flexibility index (Phi) is 5.52. The molecule has 0 spiro atoms. The third-order valence-electron chi connectivity index (χ3n) is 4.22. The Bertz CT molecular complexity index is 853. The first kappa shape index (κ1) is 18.3. The Hall–Kier alpha value is -2.46. The molecule has 2 aromatic heterocycles. The summed E-state index contributed by atoms with van der Waals surface area (Å²) in [5, 5.41) is 7.03. The number of sulfonamides is 1. The van der Waals surface area contributed by atoms with Crippen molar-refractivity contribution >= 4 is 21.7 Å². The molecule has 1 aliphatic rings. The van der Waals surface area contributed by atoms with Gasteiger partial charge in [0, 0.05) is 37.7 Å². The van der Waals surface area contributed by atoms with Crippen LogP contribution >= 0.6 is 0 Å². The summed E-state index contributed by atoms with van der Waals surface area (Å²) in [7, 11) is -3.30. The van der Waals surface area contributed by atoms with Crippen LogP contribution in [0, 0.1) is 0 Å². The number of aromatic nitrogens is 3. The maximum atomic E-state index is 12.8. The van der Waals surface area contributed by atoms with Gasteiger partial charge in [-0.25, -0.2) is 27.6 Å². The molecule has 3 rings (SSSR count). The Balaban J connectivity index is 1.74. The summed E-state index contributed by atoms with van der Waals surface area (Å²) in [6, 6.07) is 4.82. The first-order valence-corrected chi connectivity index (χ1v) is 10.3. The van der Waals surface area contributed by atoms with Crippen molar-refractivity contribution in [2.75, 3.05) is 24.7 Å². The predicted molar refractivity (Wildman–Crippen MR) is 97.6 cm³/mol. The number of carbonyl (C=O) groups excluding carboxylic acids is 1. The Morgan fingerprint density at radius 3 is 2.88 bits per heavy atom. The van der Waals surface area contributed by atoms with Gasteiger partial charge in [0.25, 0.3) is 0 Å². The molecule has 9 nitrogen and oxygen atoms in total. The van der Waals surface area contributed by atoms with E-state index < -0.39 is 10.0 Å². The number of rotatable bonds is 5. The zero-order chi connectivity index (χ0) is 18.6. The molecular formula is C16H22N6O3S. The molecule has 26 heavy (non-hydrogen) atoms. The molecule has 2 aromatic rings. The molecule has 1 aliphatic heterocycles. The van der Waals surface area contributed by atoms with Crippen LogP contribution in [0.15, 0.2) is 36.8 Å². The van der Waals surface area contributed by atoms with Gasteiger partial charge in [-0.15, -0.1) is 0 Å². The van der Waals surface area contributed by atoms with Gasteiger partial charge in [-0.3, -0.25) is 0 Å². The van der Waals surface area contributed by atoms with E-state index in [4.69, 9.17) is 0 Å². The maximum Gasteiger partial charge on any atom is 0.322 e. The van der Waals surface area contributed by atoms with E-state index in [9.17, 15) is 13.2 Å². The smallest absolute Gasteiger partial charge is 0.320 e.